The fourth-order valence-electron chi connectivity index (χ4n) is 1.90. The van der Waals surface area contributed by atoms with Crippen LogP contribution in [0, 0.1) is 17.5 Å². The van der Waals surface area contributed by atoms with Crippen molar-refractivity contribution in [2.45, 2.75) is 11.8 Å². The molecule has 0 radical (unpaired) electrons. The smallest absolute Gasteiger partial charge is 0.330 e. The Labute approximate surface area is 110 Å². The molecular weight excluding hydrogens is 319 g/mol. The van der Waals surface area contributed by atoms with Crippen molar-refractivity contribution in [3.05, 3.63) is 40.2 Å². The van der Waals surface area contributed by atoms with Crippen LogP contribution >= 0.6 is 0 Å². The molecule has 116 valence electrons. The second kappa shape index (κ2) is 4.31. The molecule has 0 saturated carbocycles. The summed E-state index contributed by atoms with van der Waals surface area (Å²) in [4.78, 5) is 0. The van der Waals surface area contributed by atoms with Crippen molar-refractivity contribution in [2.75, 3.05) is 7.11 Å². The normalized spacial score (nSPS) is 19.5. The van der Waals surface area contributed by atoms with Crippen LogP contribution in [-0.2, 0) is 11.8 Å². The zero-order chi connectivity index (χ0) is 16.3. The molecule has 0 unspecified atom stereocenters. The van der Waals surface area contributed by atoms with Crippen LogP contribution in [0.1, 0.15) is 11.1 Å². The summed E-state index contributed by atoms with van der Waals surface area (Å²) in [6, 6.07) is 0. The van der Waals surface area contributed by atoms with Gasteiger partial charge in [-0.1, -0.05) is 0 Å². The van der Waals surface area contributed by atoms with E-state index >= 15 is 0 Å². The molecule has 0 saturated heterocycles. The van der Waals surface area contributed by atoms with Crippen LogP contribution in [0.5, 0.6) is 5.75 Å². The SMILES string of the molecule is COc1c(F)c(F)c2c(c1F)C(F)(F)C(F)=C(F)C2(F)F. The van der Waals surface area contributed by atoms with E-state index in [1.807, 2.05) is 0 Å². The molecule has 0 fully saturated rings. The molecule has 1 aromatic carbocycles. The summed E-state index contributed by atoms with van der Waals surface area (Å²) in [6.45, 7) is 0. The Morgan fingerprint density at radius 2 is 1.05 bits per heavy atom. The van der Waals surface area contributed by atoms with Gasteiger partial charge in [-0.05, 0) is 0 Å². The highest BCUT2D eigenvalue weighted by molar-refractivity contribution is 5.52. The van der Waals surface area contributed by atoms with Crippen molar-refractivity contribution in [1.82, 2.24) is 0 Å². The summed E-state index contributed by atoms with van der Waals surface area (Å²) >= 11 is 0. The zero-order valence-corrected chi connectivity index (χ0v) is 9.81. The van der Waals surface area contributed by atoms with E-state index in [4.69, 9.17) is 0 Å². The van der Waals surface area contributed by atoms with Crippen LogP contribution in [0.15, 0.2) is 11.7 Å². The lowest BCUT2D eigenvalue weighted by atomic mass is 9.88. The van der Waals surface area contributed by atoms with Crippen molar-refractivity contribution >= 4 is 0 Å². The maximum absolute atomic E-state index is 13.7. The molecule has 0 N–H and O–H groups in total. The molecule has 0 bridgehead atoms. The summed E-state index contributed by atoms with van der Waals surface area (Å²) in [7, 11) is 0.541. The summed E-state index contributed by atoms with van der Waals surface area (Å²) < 4.78 is 124. The van der Waals surface area contributed by atoms with Crippen LogP contribution in [0.25, 0.3) is 0 Å². The number of hydrogen-bond acceptors (Lipinski definition) is 1. The van der Waals surface area contributed by atoms with Gasteiger partial charge >= 0.3 is 11.8 Å². The number of fused-ring (bicyclic) bond motifs is 1. The summed E-state index contributed by atoms with van der Waals surface area (Å²) in [5.41, 5.74) is -5.12. The lowest BCUT2D eigenvalue weighted by Crippen LogP contribution is -2.34. The third-order valence-electron chi connectivity index (χ3n) is 2.86. The number of methoxy groups -OCH3 is 1. The quantitative estimate of drug-likeness (QED) is 0.548. The van der Waals surface area contributed by atoms with Crippen LogP contribution in [-0.4, -0.2) is 7.11 Å². The van der Waals surface area contributed by atoms with Gasteiger partial charge in [-0.25, -0.2) is 17.6 Å². The minimum Gasteiger partial charge on any atom is -0.491 e. The third-order valence-corrected chi connectivity index (χ3v) is 2.86. The average Bonchev–Trinajstić information content (AvgIpc) is 2.39. The van der Waals surface area contributed by atoms with E-state index in [0.717, 1.165) is 0 Å². The molecule has 2 rings (SSSR count). The molecule has 1 aliphatic rings. The maximum atomic E-state index is 13.7. The van der Waals surface area contributed by atoms with Crippen molar-refractivity contribution in [1.29, 1.82) is 0 Å². The topological polar surface area (TPSA) is 9.23 Å². The Hall–Kier alpha value is -1.87. The molecule has 21 heavy (non-hydrogen) atoms. The Balaban J connectivity index is 3.04. The summed E-state index contributed by atoms with van der Waals surface area (Å²) in [5.74, 6) is -26.4. The first-order valence-electron chi connectivity index (χ1n) is 5.06. The number of hydrogen-bond donors (Lipinski definition) is 0. The van der Waals surface area contributed by atoms with Gasteiger partial charge in [0.1, 0.15) is 0 Å². The van der Waals surface area contributed by atoms with Crippen molar-refractivity contribution < 1.29 is 44.3 Å². The number of alkyl halides is 4. The van der Waals surface area contributed by atoms with Crippen molar-refractivity contribution in [2.24, 2.45) is 0 Å². The van der Waals surface area contributed by atoms with Gasteiger partial charge in [-0.3, -0.25) is 0 Å². The highest BCUT2D eigenvalue weighted by Gasteiger charge is 2.61. The van der Waals surface area contributed by atoms with E-state index < -0.39 is 57.8 Å². The molecule has 0 heterocycles. The molecule has 1 aliphatic carbocycles. The van der Waals surface area contributed by atoms with Crippen molar-refractivity contribution in [3.8, 4) is 5.75 Å². The predicted octanol–water partition coefficient (Wildman–Crippen LogP) is 4.46. The van der Waals surface area contributed by atoms with E-state index in [2.05, 4.69) is 4.74 Å². The number of allylic oxidation sites excluding steroid dienone is 2. The lowest BCUT2D eigenvalue weighted by Gasteiger charge is -2.30. The number of benzene rings is 1. The number of rotatable bonds is 1. The second-order valence-corrected chi connectivity index (χ2v) is 4.00. The minimum absolute atomic E-state index is 0.541. The first kappa shape index (κ1) is 15.5. The average molecular weight is 322 g/mol. The monoisotopic (exact) mass is 322 g/mol. The van der Waals surface area contributed by atoms with Crippen molar-refractivity contribution in [3.63, 3.8) is 0 Å². The van der Waals surface area contributed by atoms with Gasteiger partial charge in [0.15, 0.2) is 17.4 Å². The van der Waals surface area contributed by atoms with Gasteiger partial charge in [-0.2, -0.15) is 22.0 Å². The fourth-order valence-corrected chi connectivity index (χ4v) is 1.90. The van der Waals surface area contributed by atoms with E-state index in [9.17, 15) is 39.5 Å². The fraction of sp³-hybridized carbons (Fsp3) is 0.273. The third kappa shape index (κ3) is 1.74. The standard InChI is InChI=1S/C11H3F9O/c1-21-7-5(13)3-2(4(12)6(7)14)10(17,18)8(15)9(16)11(3,19)20/h1H3. The first-order chi connectivity index (χ1) is 9.49. The van der Waals surface area contributed by atoms with Gasteiger partial charge in [0.25, 0.3) is 0 Å². The first-order valence-corrected chi connectivity index (χ1v) is 5.06. The Morgan fingerprint density at radius 1 is 0.667 bits per heavy atom. The largest absolute Gasteiger partial charge is 0.491 e. The van der Waals surface area contributed by atoms with Crippen LogP contribution < -0.4 is 4.74 Å². The zero-order valence-electron chi connectivity index (χ0n) is 9.81. The van der Waals surface area contributed by atoms with Gasteiger partial charge in [0, 0.05) is 0 Å². The molecule has 0 aliphatic heterocycles. The van der Waals surface area contributed by atoms with Crippen LogP contribution in [0.2, 0.25) is 0 Å². The summed E-state index contributed by atoms with van der Waals surface area (Å²) in [6.07, 6.45) is 0. The molecule has 1 aromatic rings. The highest BCUT2D eigenvalue weighted by atomic mass is 19.3. The van der Waals surface area contributed by atoms with Gasteiger partial charge in [0.05, 0.1) is 18.2 Å². The molecule has 0 aromatic heterocycles. The van der Waals surface area contributed by atoms with Crippen LogP contribution in [0.4, 0.5) is 39.5 Å². The maximum Gasteiger partial charge on any atom is 0.330 e. The molecule has 1 nitrogen and oxygen atoms in total. The predicted molar refractivity (Wildman–Crippen MR) is 49.9 cm³/mol. The molecule has 0 amide bonds. The van der Waals surface area contributed by atoms with E-state index in [1.165, 1.54) is 0 Å². The molecule has 0 atom stereocenters. The van der Waals surface area contributed by atoms with E-state index in [1.54, 1.807) is 0 Å². The Kier molecular flexibility index (Phi) is 3.19. The van der Waals surface area contributed by atoms with Gasteiger partial charge in [0.2, 0.25) is 17.5 Å². The van der Waals surface area contributed by atoms with Gasteiger partial charge in [-0.15, -0.1) is 0 Å². The number of halogens is 9. The Bertz CT molecular complexity index is 662. The molecule has 0 spiro atoms. The highest BCUT2D eigenvalue weighted by Crippen LogP contribution is 2.56. The van der Waals surface area contributed by atoms with Gasteiger partial charge < -0.3 is 4.74 Å². The number of ether oxygens (including phenoxy) is 1. The second-order valence-electron chi connectivity index (χ2n) is 4.00. The summed E-state index contributed by atoms with van der Waals surface area (Å²) in [5, 5.41) is 0. The molecular formula is C11H3F9O. The van der Waals surface area contributed by atoms with E-state index in [0.29, 0.717) is 7.11 Å². The molecule has 10 heteroatoms. The Morgan fingerprint density at radius 3 is 1.43 bits per heavy atom. The minimum atomic E-state index is -5.29. The lowest BCUT2D eigenvalue weighted by molar-refractivity contribution is -0.0541. The van der Waals surface area contributed by atoms with Crippen LogP contribution in [0.3, 0.4) is 0 Å². The van der Waals surface area contributed by atoms with E-state index in [-0.39, 0.29) is 0 Å².